The lowest BCUT2D eigenvalue weighted by Crippen LogP contribution is -2.42. The number of ether oxygens (including phenoxy) is 2. The van der Waals surface area contributed by atoms with Crippen LogP contribution in [0, 0.1) is 5.41 Å². The fraction of sp³-hybridized carbons (Fsp3) is 0.938. The summed E-state index contributed by atoms with van der Waals surface area (Å²) in [6.07, 6.45) is 6.39. The van der Waals surface area contributed by atoms with Crippen molar-refractivity contribution in [2.45, 2.75) is 45.1 Å². The quantitative estimate of drug-likeness (QED) is 0.430. The third-order valence-corrected chi connectivity index (χ3v) is 4.98. The molecule has 3 fully saturated rings. The summed E-state index contributed by atoms with van der Waals surface area (Å²) < 4.78 is 11.4. The number of nitrogens with zero attached hydrogens (tertiary/aromatic N) is 2. The van der Waals surface area contributed by atoms with Gasteiger partial charge in [0.2, 0.25) is 0 Å². The van der Waals surface area contributed by atoms with Crippen LogP contribution in [0.15, 0.2) is 4.99 Å². The Kier molecular flexibility index (Phi) is 7.21. The monoisotopic (exact) mass is 423 g/mol. The van der Waals surface area contributed by atoms with E-state index in [1.165, 1.54) is 25.7 Å². The molecule has 0 aliphatic carbocycles. The van der Waals surface area contributed by atoms with Crippen LogP contribution < -0.4 is 5.32 Å². The first-order chi connectivity index (χ1) is 10.3. The SMILES string of the molecule is CCNC(=NCC1CCCCO1)N1CCC2(CCOC2)C1.I. The van der Waals surface area contributed by atoms with E-state index in [0.717, 1.165) is 58.4 Å². The number of hydrogen-bond donors (Lipinski definition) is 1. The number of halogens is 1. The van der Waals surface area contributed by atoms with Gasteiger partial charge in [0.25, 0.3) is 0 Å². The Morgan fingerprint density at radius 3 is 2.91 bits per heavy atom. The molecule has 0 aromatic heterocycles. The number of rotatable bonds is 3. The van der Waals surface area contributed by atoms with Crippen LogP contribution in [0.4, 0.5) is 0 Å². The highest BCUT2D eigenvalue weighted by Gasteiger charge is 2.42. The summed E-state index contributed by atoms with van der Waals surface area (Å²) in [4.78, 5) is 7.26. The first kappa shape index (κ1) is 18.3. The predicted octanol–water partition coefficient (Wildman–Crippen LogP) is 2.25. The molecule has 0 bridgehead atoms. The molecule has 0 amide bonds. The first-order valence-electron chi connectivity index (χ1n) is 8.54. The van der Waals surface area contributed by atoms with E-state index in [0.29, 0.717) is 11.5 Å². The van der Waals surface area contributed by atoms with E-state index < -0.39 is 0 Å². The van der Waals surface area contributed by atoms with Gasteiger partial charge in [0.05, 0.1) is 19.3 Å². The van der Waals surface area contributed by atoms with Gasteiger partial charge in [0.1, 0.15) is 0 Å². The number of nitrogens with one attached hydrogen (secondary N) is 1. The molecule has 3 aliphatic heterocycles. The Hall–Kier alpha value is -0.0800. The van der Waals surface area contributed by atoms with Crippen LogP contribution in [-0.2, 0) is 9.47 Å². The van der Waals surface area contributed by atoms with E-state index in [2.05, 4.69) is 17.1 Å². The van der Waals surface area contributed by atoms with Gasteiger partial charge in [-0.1, -0.05) is 0 Å². The van der Waals surface area contributed by atoms with Crippen LogP contribution in [0.5, 0.6) is 0 Å². The molecule has 5 nitrogen and oxygen atoms in total. The van der Waals surface area contributed by atoms with E-state index in [-0.39, 0.29) is 24.0 Å². The maximum atomic E-state index is 5.79. The molecule has 6 heteroatoms. The molecular formula is C16H30IN3O2. The lowest BCUT2D eigenvalue weighted by molar-refractivity contribution is 0.0223. The number of hydrogen-bond acceptors (Lipinski definition) is 3. The first-order valence-corrected chi connectivity index (χ1v) is 8.54. The van der Waals surface area contributed by atoms with E-state index in [4.69, 9.17) is 14.5 Å². The maximum absolute atomic E-state index is 5.79. The minimum absolute atomic E-state index is 0. The van der Waals surface area contributed by atoms with Gasteiger partial charge >= 0.3 is 0 Å². The van der Waals surface area contributed by atoms with Crippen LogP contribution in [0.2, 0.25) is 0 Å². The zero-order valence-electron chi connectivity index (χ0n) is 13.7. The Bertz CT molecular complexity index is 366. The van der Waals surface area contributed by atoms with Crippen LogP contribution in [-0.4, -0.2) is 63.0 Å². The van der Waals surface area contributed by atoms with Gasteiger partial charge in [-0.05, 0) is 39.0 Å². The molecule has 0 saturated carbocycles. The van der Waals surface area contributed by atoms with Crippen molar-refractivity contribution in [1.82, 2.24) is 10.2 Å². The molecule has 1 N–H and O–H groups in total. The van der Waals surface area contributed by atoms with Crippen LogP contribution in [0.25, 0.3) is 0 Å². The van der Waals surface area contributed by atoms with E-state index in [1.807, 2.05) is 0 Å². The molecule has 2 atom stereocenters. The van der Waals surface area contributed by atoms with Crippen molar-refractivity contribution >= 4 is 29.9 Å². The molecule has 2 unspecified atom stereocenters. The van der Waals surface area contributed by atoms with Crippen molar-refractivity contribution in [3.63, 3.8) is 0 Å². The molecule has 3 saturated heterocycles. The number of likely N-dealkylation sites (tertiary alicyclic amines) is 1. The normalized spacial score (nSPS) is 32.3. The van der Waals surface area contributed by atoms with Gasteiger partial charge in [-0.3, -0.25) is 4.99 Å². The van der Waals surface area contributed by atoms with Crippen LogP contribution in [0.1, 0.15) is 39.0 Å². The third-order valence-electron chi connectivity index (χ3n) is 4.98. The summed E-state index contributed by atoms with van der Waals surface area (Å²) >= 11 is 0. The van der Waals surface area contributed by atoms with E-state index >= 15 is 0 Å². The minimum atomic E-state index is 0. The summed E-state index contributed by atoms with van der Waals surface area (Å²) in [6.45, 7) is 8.79. The van der Waals surface area contributed by atoms with Crippen molar-refractivity contribution in [1.29, 1.82) is 0 Å². The fourth-order valence-electron chi connectivity index (χ4n) is 3.65. The Labute approximate surface area is 151 Å². The van der Waals surface area contributed by atoms with Crippen molar-refractivity contribution in [3.05, 3.63) is 0 Å². The fourth-order valence-corrected chi connectivity index (χ4v) is 3.65. The van der Waals surface area contributed by atoms with Gasteiger partial charge in [-0.2, -0.15) is 0 Å². The molecule has 0 aromatic carbocycles. The summed E-state index contributed by atoms with van der Waals surface area (Å²) in [7, 11) is 0. The number of aliphatic imine (C=N–C) groups is 1. The highest BCUT2D eigenvalue weighted by Crippen LogP contribution is 2.38. The smallest absolute Gasteiger partial charge is 0.194 e. The van der Waals surface area contributed by atoms with Gasteiger partial charge in [-0.25, -0.2) is 0 Å². The largest absolute Gasteiger partial charge is 0.381 e. The number of guanidine groups is 1. The molecule has 0 radical (unpaired) electrons. The second-order valence-electron chi connectivity index (χ2n) is 6.66. The summed E-state index contributed by atoms with van der Waals surface area (Å²) in [5.74, 6) is 1.07. The second-order valence-corrected chi connectivity index (χ2v) is 6.66. The van der Waals surface area contributed by atoms with Gasteiger partial charge < -0.3 is 19.7 Å². The molecule has 3 rings (SSSR count). The highest BCUT2D eigenvalue weighted by atomic mass is 127. The zero-order chi connectivity index (χ0) is 14.5. The van der Waals surface area contributed by atoms with E-state index in [9.17, 15) is 0 Å². The topological polar surface area (TPSA) is 46.1 Å². The lowest BCUT2D eigenvalue weighted by Gasteiger charge is -2.26. The maximum Gasteiger partial charge on any atom is 0.194 e. The molecule has 3 heterocycles. The predicted molar refractivity (Wildman–Crippen MR) is 99.0 cm³/mol. The molecular weight excluding hydrogens is 393 g/mol. The molecule has 128 valence electrons. The Balaban J connectivity index is 0.00000176. The van der Waals surface area contributed by atoms with Crippen molar-refractivity contribution in [3.8, 4) is 0 Å². The molecule has 1 spiro atoms. The molecule has 0 aromatic rings. The average Bonchev–Trinajstić information content (AvgIpc) is 3.15. The van der Waals surface area contributed by atoms with E-state index in [1.54, 1.807) is 0 Å². The molecule has 3 aliphatic rings. The van der Waals surface area contributed by atoms with Gasteiger partial charge in [0, 0.05) is 38.3 Å². The Morgan fingerprint density at radius 2 is 2.23 bits per heavy atom. The third kappa shape index (κ3) is 4.47. The summed E-state index contributed by atoms with van der Waals surface area (Å²) in [5, 5.41) is 3.45. The Morgan fingerprint density at radius 1 is 1.32 bits per heavy atom. The highest BCUT2D eigenvalue weighted by molar-refractivity contribution is 14.0. The van der Waals surface area contributed by atoms with Gasteiger partial charge in [-0.15, -0.1) is 24.0 Å². The molecule has 22 heavy (non-hydrogen) atoms. The van der Waals surface area contributed by atoms with Crippen molar-refractivity contribution in [2.75, 3.05) is 46.0 Å². The van der Waals surface area contributed by atoms with Crippen LogP contribution >= 0.6 is 24.0 Å². The summed E-state index contributed by atoms with van der Waals surface area (Å²) in [6, 6.07) is 0. The zero-order valence-corrected chi connectivity index (χ0v) is 16.0. The second kappa shape index (κ2) is 8.68. The van der Waals surface area contributed by atoms with Crippen LogP contribution in [0.3, 0.4) is 0 Å². The van der Waals surface area contributed by atoms with Crippen molar-refractivity contribution in [2.24, 2.45) is 10.4 Å². The lowest BCUT2D eigenvalue weighted by atomic mass is 9.87. The minimum Gasteiger partial charge on any atom is -0.381 e. The van der Waals surface area contributed by atoms with Gasteiger partial charge in [0.15, 0.2) is 5.96 Å². The average molecular weight is 423 g/mol. The standard InChI is InChI=1S/C16H29N3O2.HI/c1-2-17-15(18-11-14-5-3-4-9-21-14)19-8-6-16(12-19)7-10-20-13-16;/h14H,2-13H2,1H3,(H,17,18);1H. The summed E-state index contributed by atoms with van der Waals surface area (Å²) in [5.41, 5.74) is 0.386. The van der Waals surface area contributed by atoms with Crippen molar-refractivity contribution < 1.29 is 9.47 Å².